The number of rotatable bonds is 3. The summed E-state index contributed by atoms with van der Waals surface area (Å²) < 4.78 is 17.9. The Bertz CT molecular complexity index is 3650. The molecule has 53 heavy (non-hydrogen) atoms. The van der Waals surface area contributed by atoms with Gasteiger partial charge in [-0.25, -0.2) is 0 Å². The third-order valence-electron chi connectivity index (χ3n) is 11.4. The second kappa shape index (κ2) is 9.75. The van der Waals surface area contributed by atoms with E-state index in [1.807, 2.05) is 24.3 Å². The molecule has 8 aromatic carbocycles. The zero-order valence-electron chi connectivity index (χ0n) is 28.2. The molecule has 0 N–H and O–H groups in total. The van der Waals surface area contributed by atoms with Crippen LogP contribution < -0.4 is 4.90 Å². The first-order valence-corrected chi connectivity index (χ1v) is 18.0. The van der Waals surface area contributed by atoms with Crippen LogP contribution in [-0.2, 0) is 0 Å². The van der Waals surface area contributed by atoms with Gasteiger partial charge in [-0.15, -0.1) is 0 Å². The normalized spacial score (nSPS) is 12.5. The van der Waals surface area contributed by atoms with Crippen LogP contribution in [-0.4, -0.2) is 8.80 Å². The van der Waals surface area contributed by atoms with E-state index in [4.69, 9.17) is 8.83 Å². The highest BCUT2D eigenvalue weighted by Crippen LogP contribution is 2.47. The Kier molecular flexibility index (Phi) is 5.06. The Hall–Kier alpha value is -7.24. The van der Waals surface area contributed by atoms with E-state index in [-0.39, 0.29) is 0 Å². The second-order valence-corrected chi connectivity index (χ2v) is 14.1. The molecule has 0 saturated carbocycles. The summed E-state index contributed by atoms with van der Waals surface area (Å²) in [6.45, 7) is 0. The van der Waals surface area contributed by atoms with Gasteiger partial charge in [0.05, 0.1) is 44.2 Å². The third-order valence-corrected chi connectivity index (χ3v) is 11.4. The summed E-state index contributed by atoms with van der Waals surface area (Å²) in [5.74, 6) is 0. The fraction of sp³-hybridized carbons (Fsp3) is 0. The Morgan fingerprint density at radius 1 is 0.340 bits per heavy atom. The number of furan rings is 2. The van der Waals surface area contributed by atoms with Crippen molar-refractivity contribution in [3.05, 3.63) is 164 Å². The zero-order chi connectivity index (χ0) is 34.4. The summed E-state index contributed by atoms with van der Waals surface area (Å²) in [7, 11) is 0. The molecule has 5 heteroatoms. The van der Waals surface area contributed by atoms with Crippen LogP contribution in [0, 0.1) is 0 Å². The van der Waals surface area contributed by atoms with Gasteiger partial charge >= 0.3 is 0 Å². The highest BCUT2D eigenvalue weighted by atomic mass is 16.3. The summed E-state index contributed by atoms with van der Waals surface area (Å²) in [6, 6.07) is 58.6. The molecule has 5 heterocycles. The Labute approximate surface area is 301 Å². The standard InChI is InChI=1S/C48H27N3O2/c1-5-14-37-30(10-1)34-23-24-35-31-11-2-6-15-38(31)51-41-26-28(21-25-39(41)50(37)47(34)48(35)51)49(29-20-22-33-32-12-3-7-17-42(32)53-45(33)27-29)40-16-9-19-44-46(40)36-13-4-8-18-43(36)52-44/h1-27H. The highest BCUT2D eigenvalue weighted by molar-refractivity contribution is 6.25. The van der Waals surface area contributed by atoms with Crippen LogP contribution in [0.25, 0.3) is 98.5 Å². The molecule has 0 bridgehead atoms. The first-order valence-electron chi connectivity index (χ1n) is 18.0. The predicted octanol–water partition coefficient (Wildman–Crippen LogP) is 13.5. The SMILES string of the molecule is c1ccc2c(c1)oc1cc(N(c3ccc4c(c3)n3c5ccccc5c5ccc6c7ccccc7n4c6c53)c3cccc4oc5ccccc5c34)ccc12. The molecule has 0 aliphatic heterocycles. The quantitative estimate of drug-likeness (QED) is 0.175. The molecule has 13 rings (SSSR count). The second-order valence-electron chi connectivity index (χ2n) is 14.1. The van der Waals surface area contributed by atoms with E-state index in [1.54, 1.807) is 0 Å². The largest absolute Gasteiger partial charge is 0.456 e. The van der Waals surface area contributed by atoms with Gasteiger partial charge in [-0.3, -0.25) is 0 Å². The van der Waals surface area contributed by atoms with E-state index in [2.05, 4.69) is 153 Å². The number of hydrogen-bond donors (Lipinski definition) is 0. The van der Waals surface area contributed by atoms with E-state index in [1.165, 1.54) is 43.6 Å². The van der Waals surface area contributed by atoms with Gasteiger partial charge in [-0.1, -0.05) is 91.0 Å². The monoisotopic (exact) mass is 677 g/mol. The maximum Gasteiger partial charge on any atom is 0.137 e. The Balaban J connectivity index is 1.18. The molecule has 5 nitrogen and oxygen atoms in total. The number of aromatic nitrogens is 2. The van der Waals surface area contributed by atoms with Gasteiger partial charge in [0, 0.05) is 55.1 Å². The van der Waals surface area contributed by atoms with Gasteiger partial charge in [0.1, 0.15) is 22.3 Å². The van der Waals surface area contributed by atoms with Crippen molar-refractivity contribution in [1.82, 2.24) is 8.80 Å². The first kappa shape index (κ1) is 27.5. The molecule has 0 aliphatic rings. The van der Waals surface area contributed by atoms with Gasteiger partial charge in [0.25, 0.3) is 0 Å². The van der Waals surface area contributed by atoms with E-state index in [9.17, 15) is 0 Å². The van der Waals surface area contributed by atoms with Crippen molar-refractivity contribution in [2.24, 2.45) is 0 Å². The summed E-state index contributed by atoms with van der Waals surface area (Å²) in [4.78, 5) is 2.37. The van der Waals surface area contributed by atoms with Gasteiger partial charge in [0.15, 0.2) is 0 Å². The molecule has 0 atom stereocenters. The van der Waals surface area contributed by atoms with Crippen LogP contribution in [0.2, 0.25) is 0 Å². The fourth-order valence-electron chi connectivity index (χ4n) is 9.24. The minimum atomic E-state index is 0.851. The Morgan fingerprint density at radius 3 is 1.62 bits per heavy atom. The van der Waals surface area contributed by atoms with Gasteiger partial charge < -0.3 is 22.5 Å². The smallest absolute Gasteiger partial charge is 0.137 e. The van der Waals surface area contributed by atoms with Crippen LogP contribution >= 0.6 is 0 Å². The number of hydrogen-bond acceptors (Lipinski definition) is 3. The van der Waals surface area contributed by atoms with Crippen molar-refractivity contribution in [3.63, 3.8) is 0 Å². The lowest BCUT2D eigenvalue weighted by Gasteiger charge is -2.27. The highest BCUT2D eigenvalue weighted by Gasteiger charge is 2.24. The first-order chi connectivity index (χ1) is 26.3. The molecular weight excluding hydrogens is 651 g/mol. The third kappa shape index (κ3) is 3.46. The molecule has 0 radical (unpaired) electrons. The maximum absolute atomic E-state index is 6.48. The molecule has 246 valence electrons. The van der Waals surface area contributed by atoms with Crippen LogP contribution in [0.1, 0.15) is 0 Å². The van der Waals surface area contributed by atoms with Crippen molar-refractivity contribution in [2.75, 3.05) is 4.90 Å². The van der Waals surface area contributed by atoms with Crippen LogP contribution in [0.15, 0.2) is 173 Å². The maximum atomic E-state index is 6.48. The van der Waals surface area contributed by atoms with Crippen LogP contribution in [0.4, 0.5) is 17.1 Å². The fourth-order valence-corrected chi connectivity index (χ4v) is 9.24. The summed E-state index contributed by atoms with van der Waals surface area (Å²) in [5.41, 5.74) is 13.7. The molecule has 0 amide bonds. The lowest BCUT2D eigenvalue weighted by atomic mass is 10.1. The number of nitrogens with zero attached hydrogens (tertiary/aromatic N) is 3. The van der Waals surface area contributed by atoms with E-state index in [0.717, 1.165) is 72.0 Å². The minimum absolute atomic E-state index is 0.851. The van der Waals surface area contributed by atoms with E-state index in [0.29, 0.717) is 0 Å². The molecule has 0 fully saturated rings. The van der Waals surface area contributed by atoms with Crippen molar-refractivity contribution in [3.8, 4) is 0 Å². The average molecular weight is 678 g/mol. The topological polar surface area (TPSA) is 38.3 Å². The minimum Gasteiger partial charge on any atom is -0.456 e. The summed E-state index contributed by atoms with van der Waals surface area (Å²) in [5, 5.41) is 9.41. The summed E-state index contributed by atoms with van der Waals surface area (Å²) in [6.07, 6.45) is 0. The van der Waals surface area contributed by atoms with Crippen LogP contribution in [0.5, 0.6) is 0 Å². The number of benzene rings is 8. The molecule has 13 aromatic rings. The van der Waals surface area contributed by atoms with Crippen molar-refractivity contribution < 1.29 is 8.83 Å². The lowest BCUT2D eigenvalue weighted by Crippen LogP contribution is -2.11. The van der Waals surface area contributed by atoms with Crippen molar-refractivity contribution in [2.45, 2.75) is 0 Å². The predicted molar refractivity (Wildman–Crippen MR) is 219 cm³/mol. The summed E-state index contributed by atoms with van der Waals surface area (Å²) >= 11 is 0. The molecule has 0 unspecified atom stereocenters. The van der Waals surface area contributed by atoms with Gasteiger partial charge in [-0.2, -0.15) is 0 Å². The number of fused-ring (bicyclic) bond motifs is 15. The average Bonchev–Trinajstić information content (AvgIpc) is 3.96. The molecule has 5 aromatic heterocycles. The van der Waals surface area contributed by atoms with E-state index >= 15 is 0 Å². The molecule has 0 spiro atoms. The van der Waals surface area contributed by atoms with E-state index < -0.39 is 0 Å². The zero-order valence-corrected chi connectivity index (χ0v) is 28.2. The van der Waals surface area contributed by atoms with Crippen molar-refractivity contribution >= 4 is 116 Å². The van der Waals surface area contributed by atoms with Gasteiger partial charge in [-0.05, 0) is 66.7 Å². The molecule has 0 saturated heterocycles. The number of anilines is 3. The molecular formula is C48H27N3O2. The van der Waals surface area contributed by atoms with Crippen molar-refractivity contribution in [1.29, 1.82) is 0 Å². The van der Waals surface area contributed by atoms with Crippen LogP contribution in [0.3, 0.4) is 0 Å². The Morgan fingerprint density at radius 2 is 0.868 bits per heavy atom. The molecule has 0 aliphatic carbocycles. The van der Waals surface area contributed by atoms with Gasteiger partial charge in [0.2, 0.25) is 0 Å². The number of para-hydroxylation sites is 4. The lowest BCUT2D eigenvalue weighted by molar-refractivity contribution is 0.669.